The second-order valence-electron chi connectivity index (χ2n) is 10.3. The summed E-state index contributed by atoms with van der Waals surface area (Å²) < 4.78 is 0. The van der Waals surface area contributed by atoms with Crippen LogP contribution in [0, 0.1) is 0 Å². The van der Waals surface area contributed by atoms with Crippen LogP contribution in [0.5, 0.6) is 0 Å². The van der Waals surface area contributed by atoms with E-state index in [1.165, 1.54) is 38.8 Å². The van der Waals surface area contributed by atoms with Crippen LogP contribution in [0.25, 0.3) is 0 Å². The van der Waals surface area contributed by atoms with Gasteiger partial charge in [-0.15, -0.1) is 0 Å². The third kappa shape index (κ3) is 19.0. The zero-order chi connectivity index (χ0) is 30.1. The van der Waals surface area contributed by atoms with Crippen LogP contribution in [0.1, 0.15) is 80.4 Å². The summed E-state index contributed by atoms with van der Waals surface area (Å²) in [7, 11) is 0. The normalized spacial score (nSPS) is 12.4. The van der Waals surface area contributed by atoms with Gasteiger partial charge in [-0.2, -0.15) is 9.79 Å². The Morgan fingerprint density at radius 2 is 0.667 bits per heavy atom. The van der Waals surface area contributed by atoms with Gasteiger partial charge in [0.2, 0.25) is 0 Å². The van der Waals surface area contributed by atoms with Gasteiger partial charge in [-0.25, -0.2) is 0 Å². The largest absolute Gasteiger partial charge is 2.00 e. The first-order chi connectivity index (χ1) is 17.4. The monoisotopic (exact) mass is 621 g/mol. The Kier molecular flexibility index (Phi) is 21.1. The Balaban J connectivity index is -0.000000445. The van der Waals surface area contributed by atoms with Crippen molar-refractivity contribution in [2.75, 3.05) is 0 Å². The topological polar surface area (TPSA) is 130 Å². The molecule has 0 unspecified atom stereocenters. The average molecular weight is 622 g/mol. The predicted molar refractivity (Wildman–Crippen MR) is 161 cm³/mol. The van der Waals surface area contributed by atoms with Gasteiger partial charge in [-0.05, 0) is 49.7 Å². The van der Waals surface area contributed by atoms with Crippen LogP contribution in [0.15, 0.2) is 78.9 Å². The van der Waals surface area contributed by atoms with Crippen molar-refractivity contribution in [1.82, 2.24) is 0 Å². The molecule has 0 bridgehead atoms. The molecule has 2 aromatic rings. The van der Waals surface area contributed by atoms with Crippen LogP contribution in [0.4, 0.5) is 0 Å². The molecule has 2 aromatic carbocycles. The van der Waals surface area contributed by atoms with E-state index in [0.29, 0.717) is 22.8 Å². The van der Waals surface area contributed by atoms with E-state index in [1.54, 1.807) is 0 Å². The van der Waals surface area contributed by atoms with Gasteiger partial charge < -0.3 is 46.1 Å². The number of rotatable bonds is 2. The van der Waals surface area contributed by atoms with Gasteiger partial charge in [0.05, 0.1) is 0 Å². The molecule has 0 atom stereocenters. The third-order valence-electron chi connectivity index (χ3n) is 5.09. The molecule has 0 aliphatic carbocycles. The molecule has 0 saturated carbocycles. The van der Waals surface area contributed by atoms with E-state index in [0.717, 1.165) is 9.79 Å². The first kappa shape index (κ1) is 40.8. The van der Waals surface area contributed by atoms with Crippen LogP contribution in [-0.2, 0) is 52.9 Å². The van der Waals surface area contributed by atoms with Crippen LogP contribution in [-0.4, -0.2) is 43.7 Å². The van der Waals surface area contributed by atoms with Crippen molar-refractivity contribution in [3.8, 4) is 0 Å². The van der Waals surface area contributed by atoms with Crippen molar-refractivity contribution in [1.29, 1.82) is 0 Å². The fourth-order valence-corrected chi connectivity index (χ4v) is 2.47. The molecule has 0 amide bonds. The molecular weight excluding hydrogens is 579 g/mol. The number of hydrogen-bond acceptors (Lipinski definition) is 10. The van der Waals surface area contributed by atoms with Crippen LogP contribution in [0.2, 0.25) is 0 Å². The van der Waals surface area contributed by atoms with E-state index >= 15 is 0 Å². The van der Waals surface area contributed by atoms with E-state index in [-0.39, 0.29) is 27.6 Å². The molecule has 0 heterocycles. The Bertz CT molecular complexity index is 953. The summed E-state index contributed by atoms with van der Waals surface area (Å²) in [6.45, 7) is 19.3. The molecule has 0 saturated heterocycles. The zero-order valence-corrected chi connectivity index (χ0v) is 27.0. The molecule has 219 valence electrons. The predicted octanol–water partition coefficient (Wildman–Crippen LogP) is 7.15. The molecular formula is C28H42CoN4O4S2. The second-order valence-corrected chi connectivity index (χ2v) is 11.2. The van der Waals surface area contributed by atoms with Crippen LogP contribution < -0.4 is 0 Å². The van der Waals surface area contributed by atoms with E-state index < -0.39 is 0 Å². The molecule has 2 rings (SSSR count). The SMILES string of the molecule is CC(=N\O)/C(C)=N/O.CC(=N\O)/C(C)=N/O.CC(C)(C)c1ccc([S-])cc1.CC(C)(C)c1ccc([S-])cc1.[Co+2]. The van der Waals surface area contributed by atoms with E-state index in [1.807, 2.05) is 24.3 Å². The van der Waals surface area contributed by atoms with Crippen LogP contribution in [0.3, 0.4) is 0 Å². The van der Waals surface area contributed by atoms with Crippen molar-refractivity contribution < 1.29 is 37.6 Å². The average Bonchev–Trinajstić information content (AvgIpc) is 2.87. The maximum absolute atomic E-state index is 8.03. The van der Waals surface area contributed by atoms with Crippen LogP contribution >= 0.6 is 0 Å². The van der Waals surface area contributed by atoms with Gasteiger partial charge >= 0.3 is 16.8 Å². The Labute approximate surface area is 255 Å². The summed E-state index contributed by atoms with van der Waals surface area (Å²) in [6, 6.07) is 16.3. The van der Waals surface area contributed by atoms with Gasteiger partial charge in [0.25, 0.3) is 0 Å². The number of hydrogen-bond donors (Lipinski definition) is 4. The summed E-state index contributed by atoms with van der Waals surface area (Å²) in [4.78, 5) is 1.83. The van der Waals surface area contributed by atoms with Gasteiger partial charge in [-0.3, -0.25) is 0 Å². The summed E-state index contributed by atoms with van der Waals surface area (Å²) >= 11 is 9.99. The molecule has 11 heteroatoms. The number of oxime groups is 4. The number of nitrogens with zero attached hydrogens (tertiary/aromatic N) is 4. The Hall–Kier alpha value is -2.73. The zero-order valence-electron chi connectivity index (χ0n) is 24.3. The maximum atomic E-state index is 8.03. The first-order valence-electron chi connectivity index (χ1n) is 11.7. The van der Waals surface area contributed by atoms with Gasteiger partial charge in [0, 0.05) is 0 Å². The fraction of sp³-hybridized carbons (Fsp3) is 0.429. The molecule has 0 aliphatic heterocycles. The molecule has 0 aliphatic rings. The van der Waals surface area contributed by atoms with Gasteiger partial charge in [0.1, 0.15) is 22.8 Å². The fourth-order valence-electron chi connectivity index (χ4n) is 2.20. The molecule has 0 spiro atoms. The standard InChI is InChI=1S/2C10H14S.2C4H8N2O2.Co/c2*1-10(2,3)8-4-6-9(11)7-5-8;2*1-3(5-7)4(2)6-8;/h2*4-7,11H,1-3H3;2*7-8H,1-2H3;/q;;;;+2/p-2/b;;2*5-3+,6-4+;. The minimum Gasteiger partial charge on any atom is -0.780 e. The minimum absolute atomic E-state index is 0. The summed E-state index contributed by atoms with van der Waals surface area (Å²) in [6.07, 6.45) is 0. The smallest absolute Gasteiger partial charge is 0.780 e. The molecule has 8 nitrogen and oxygen atoms in total. The summed E-state index contributed by atoms with van der Waals surface area (Å²) in [5.41, 5.74) is 4.41. The van der Waals surface area contributed by atoms with Crippen molar-refractivity contribution in [2.45, 2.75) is 89.9 Å². The molecule has 0 aromatic heterocycles. The number of benzene rings is 2. The maximum Gasteiger partial charge on any atom is 2.00 e. The Morgan fingerprint density at radius 3 is 0.795 bits per heavy atom. The summed E-state index contributed by atoms with van der Waals surface area (Å²) in [5.74, 6) is 0. The van der Waals surface area contributed by atoms with E-state index in [2.05, 4.69) is 86.4 Å². The molecule has 39 heavy (non-hydrogen) atoms. The van der Waals surface area contributed by atoms with Gasteiger partial charge in [-0.1, -0.05) is 111 Å². The Morgan fingerprint density at radius 1 is 0.487 bits per heavy atom. The van der Waals surface area contributed by atoms with Crippen molar-refractivity contribution in [2.24, 2.45) is 20.6 Å². The quantitative estimate of drug-likeness (QED) is 0.122. The summed E-state index contributed by atoms with van der Waals surface area (Å²) in [5, 5.41) is 43.3. The van der Waals surface area contributed by atoms with E-state index in [9.17, 15) is 0 Å². The minimum atomic E-state index is 0. The molecule has 1 radical (unpaired) electrons. The molecule has 0 fully saturated rings. The first-order valence-corrected chi connectivity index (χ1v) is 12.6. The van der Waals surface area contributed by atoms with Crippen molar-refractivity contribution in [3.05, 3.63) is 59.7 Å². The molecule has 4 N–H and O–H groups in total. The third-order valence-corrected chi connectivity index (χ3v) is 5.63. The van der Waals surface area contributed by atoms with E-state index in [4.69, 9.17) is 46.1 Å². The van der Waals surface area contributed by atoms with Crippen molar-refractivity contribution >= 4 is 48.1 Å². The van der Waals surface area contributed by atoms with Gasteiger partial charge in [0.15, 0.2) is 0 Å². The van der Waals surface area contributed by atoms with Crippen molar-refractivity contribution in [3.63, 3.8) is 0 Å². The second kappa shape index (κ2) is 20.2.